The highest BCUT2D eigenvalue weighted by atomic mass is 32.1. The second-order valence-corrected chi connectivity index (χ2v) is 10.8. The molecular formula is C30H35NO3S. The quantitative estimate of drug-likeness (QED) is 0.350. The number of nitrogens with zero attached hydrogens (tertiary/aromatic N) is 1. The number of phenolic OH excluding ortho intramolecular Hbond substituents is 1. The number of carbonyl (C=O) groups is 1. The SMILES string of the molecule is O=C(c1ccc(OCCN2CCCCC2)cc1)c1c(C2=CCCCCCC2)sc2cc(O)ccc12. The Hall–Kier alpha value is -2.63. The molecule has 4 nitrogen and oxygen atoms in total. The number of allylic oxidation sites excluding steroid dienone is 2. The number of aromatic hydroxyl groups is 1. The third-order valence-corrected chi connectivity index (χ3v) is 8.45. The minimum absolute atomic E-state index is 0.0414. The summed E-state index contributed by atoms with van der Waals surface area (Å²) in [6.45, 7) is 3.96. The van der Waals surface area contributed by atoms with Gasteiger partial charge < -0.3 is 9.84 Å². The molecule has 1 aliphatic heterocycles. The van der Waals surface area contributed by atoms with E-state index >= 15 is 0 Å². The van der Waals surface area contributed by atoms with E-state index < -0.39 is 0 Å². The van der Waals surface area contributed by atoms with Crippen molar-refractivity contribution in [3.8, 4) is 11.5 Å². The highest BCUT2D eigenvalue weighted by Gasteiger charge is 2.23. The van der Waals surface area contributed by atoms with Crippen LogP contribution in [0.4, 0.5) is 0 Å². The summed E-state index contributed by atoms with van der Waals surface area (Å²) in [6, 6.07) is 13.0. The molecule has 1 aromatic heterocycles. The Balaban J connectivity index is 1.37. The van der Waals surface area contributed by atoms with Crippen molar-refractivity contribution in [1.82, 2.24) is 4.90 Å². The predicted octanol–water partition coefficient (Wildman–Crippen LogP) is 7.44. The Morgan fingerprint density at radius 3 is 2.54 bits per heavy atom. The zero-order chi connectivity index (χ0) is 24.0. The minimum atomic E-state index is 0.0414. The first-order valence-electron chi connectivity index (χ1n) is 13.1. The Bertz CT molecular complexity index is 1190. The predicted molar refractivity (Wildman–Crippen MR) is 145 cm³/mol. The summed E-state index contributed by atoms with van der Waals surface area (Å²) in [5.74, 6) is 1.09. The van der Waals surface area contributed by atoms with E-state index in [4.69, 9.17) is 4.74 Å². The van der Waals surface area contributed by atoms with Crippen molar-refractivity contribution >= 4 is 32.8 Å². The molecule has 3 aromatic rings. The lowest BCUT2D eigenvalue weighted by molar-refractivity contribution is 0.104. The average Bonchev–Trinajstić information content (AvgIpc) is 3.23. The molecule has 0 radical (unpaired) electrons. The van der Waals surface area contributed by atoms with Gasteiger partial charge in [-0.05, 0) is 99.7 Å². The summed E-state index contributed by atoms with van der Waals surface area (Å²) >= 11 is 1.63. The largest absolute Gasteiger partial charge is 0.508 e. The fourth-order valence-electron chi connectivity index (χ4n) is 5.26. The average molecular weight is 490 g/mol. The van der Waals surface area contributed by atoms with Crippen molar-refractivity contribution in [2.75, 3.05) is 26.2 Å². The Kier molecular flexibility index (Phi) is 7.85. The van der Waals surface area contributed by atoms with E-state index in [0.717, 1.165) is 52.1 Å². The Morgan fingerprint density at radius 1 is 0.943 bits per heavy atom. The number of thiophene rings is 1. The van der Waals surface area contributed by atoms with E-state index in [1.165, 1.54) is 57.2 Å². The van der Waals surface area contributed by atoms with Crippen molar-refractivity contribution in [2.45, 2.75) is 57.8 Å². The molecule has 1 fully saturated rings. The van der Waals surface area contributed by atoms with E-state index in [9.17, 15) is 9.90 Å². The summed E-state index contributed by atoms with van der Waals surface area (Å²) in [7, 11) is 0. The molecule has 184 valence electrons. The number of piperidine rings is 1. The number of benzene rings is 2. The molecule has 0 atom stereocenters. The fourth-order valence-corrected chi connectivity index (χ4v) is 6.56. The zero-order valence-corrected chi connectivity index (χ0v) is 21.2. The molecule has 5 heteroatoms. The number of hydrogen-bond acceptors (Lipinski definition) is 5. The summed E-state index contributed by atoms with van der Waals surface area (Å²) in [5.41, 5.74) is 2.73. The van der Waals surface area contributed by atoms with Gasteiger partial charge in [-0.15, -0.1) is 11.3 Å². The molecular weight excluding hydrogens is 454 g/mol. The van der Waals surface area contributed by atoms with Crippen molar-refractivity contribution < 1.29 is 14.6 Å². The first-order valence-corrected chi connectivity index (χ1v) is 14.0. The van der Waals surface area contributed by atoms with Crippen LogP contribution in [0.2, 0.25) is 0 Å². The number of ketones is 1. The van der Waals surface area contributed by atoms with Crippen molar-refractivity contribution in [2.24, 2.45) is 0 Å². The number of carbonyl (C=O) groups excluding carboxylic acids is 1. The molecule has 0 bridgehead atoms. The molecule has 2 heterocycles. The smallest absolute Gasteiger partial charge is 0.195 e. The Morgan fingerprint density at radius 2 is 1.71 bits per heavy atom. The Labute approximate surface area is 212 Å². The monoisotopic (exact) mass is 489 g/mol. The molecule has 0 spiro atoms. The van der Waals surface area contributed by atoms with Gasteiger partial charge in [-0.1, -0.05) is 25.3 Å². The lowest BCUT2D eigenvalue weighted by Crippen LogP contribution is -2.33. The summed E-state index contributed by atoms with van der Waals surface area (Å²) in [4.78, 5) is 17.4. The van der Waals surface area contributed by atoms with Crippen molar-refractivity contribution in [3.63, 3.8) is 0 Å². The van der Waals surface area contributed by atoms with Gasteiger partial charge in [-0.2, -0.15) is 0 Å². The van der Waals surface area contributed by atoms with Crippen LogP contribution in [0.25, 0.3) is 15.7 Å². The van der Waals surface area contributed by atoms with Crippen molar-refractivity contribution in [1.29, 1.82) is 0 Å². The summed E-state index contributed by atoms with van der Waals surface area (Å²) < 4.78 is 6.94. The second-order valence-electron chi connectivity index (χ2n) is 9.77. The van der Waals surface area contributed by atoms with Gasteiger partial charge in [0.15, 0.2) is 5.78 Å². The van der Waals surface area contributed by atoms with E-state index in [1.54, 1.807) is 23.5 Å². The van der Waals surface area contributed by atoms with Crippen LogP contribution in [0.5, 0.6) is 11.5 Å². The third-order valence-electron chi connectivity index (χ3n) is 7.22. The van der Waals surface area contributed by atoms with Crippen LogP contribution in [0.3, 0.4) is 0 Å². The third kappa shape index (κ3) is 5.79. The van der Waals surface area contributed by atoms with E-state index in [1.807, 2.05) is 30.3 Å². The fraction of sp³-hybridized carbons (Fsp3) is 0.433. The normalized spacial score (nSPS) is 17.5. The number of likely N-dealkylation sites (tertiary alicyclic amines) is 1. The number of fused-ring (bicyclic) bond motifs is 1. The first-order chi connectivity index (χ1) is 17.2. The minimum Gasteiger partial charge on any atom is -0.508 e. The number of ether oxygens (including phenoxy) is 1. The summed E-state index contributed by atoms with van der Waals surface area (Å²) in [6.07, 6.45) is 13.2. The maximum atomic E-state index is 13.8. The van der Waals surface area contributed by atoms with Gasteiger partial charge in [0.1, 0.15) is 18.1 Å². The highest BCUT2D eigenvalue weighted by molar-refractivity contribution is 7.20. The van der Waals surface area contributed by atoms with Crippen LogP contribution in [-0.4, -0.2) is 42.0 Å². The van der Waals surface area contributed by atoms with Crippen LogP contribution >= 0.6 is 11.3 Å². The standard InChI is InChI=1S/C30H35NO3S/c32-24-13-16-26-27(21-24)35-30(23-9-5-2-1-3-6-10-23)28(26)29(33)22-11-14-25(15-12-22)34-20-19-31-17-7-4-8-18-31/h9,11-16,21,32H,1-8,10,17-20H2. The molecule has 0 amide bonds. The van der Waals surface area contributed by atoms with Crippen LogP contribution in [0, 0.1) is 0 Å². The molecule has 1 N–H and O–H groups in total. The topological polar surface area (TPSA) is 49.8 Å². The van der Waals surface area contributed by atoms with Gasteiger partial charge >= 0.3 is 0 Å². The molecule has 0 unspecified atom stereocenters. The molecule has 0 saturated carbocycles. The van der Waals surface area contributed by atoms with E-state index in [0.29, 0.717) is 12.2 Å². The van der Waals surface area contributed by atoms with Crippen LogP contribution in [-0.2, 0) is 0 Å². The van der Waals surface area contributed by atoms with E-state index in [-0.39, 0.29) is 11.5 Å². The number of hydrogen-bond donors (Lipinski definition) is 1. The van der Waals surface area contributed by atoms with Gasteiger partial charge in [0.2, 0.25) is 0 Å². The molecule has 1 saturated heterocycles. The maximum Gasteiger partial charge on any atom is 0.195 e. The molecule has 2 aliphatic rings. The molecule has 35 heavy (non-hydrogen) atoms. The first kappa shape index (κ1) is 24.1. The second kappa shape index (κ2) is 11.4. The number of rotatable bonds is 7. The number of phenols is 1. The highest BCUT2D eigenvalue weighted by Crippen LogP contribution is 2.41. The van der Waals surface area contributed by atoms with Crippen LogP contribution in [0.15, 0.2) is 48.5 Å². The van der Waals surface area contributed by atoms with Gasteiger partial charge in [0.25, 0.3) is 0 Å². The molecule has 5 rings (SSSR count). The summed E-state index contributed by atoms with van der Waals surface area (Å²) in [5, 5.41) is 11.0. The van der Waals surface area contributed by atoms with Crippen LogP contribution < -0.4 is 4.74 Å². The van der Waals surface area contributed by atoms with Gasteiger partial charge in [0.05, 0.1) is 0 Å². The van der Waals surface area contributed by atoms with Gasteiger partial charge in [0, 0.05) is 32.6 Å². The molecule has 2 aromatic carbocycles. The molecule has 1 aliphatic carbocycles. The lowest BCUT2D eigenvalue weighted by Gasteiger charge is -2.26. The van der Waals surface area contributed by atoms with Crippen molar-refractivity contribution in [3.05, 3.63) is 64.5 Å². The van der Waals surface area contributed by atoms with Crippen LogP contribution in [0.1, 0.15) is 78.6 Å². The zero-order valence-electron chi connectivity index (χ0n) is 20.4. The van der Waals surface area contributed by atoms with E-state index in [2.05, 4.69) is 11.0 Å². The maximum absolute atomic E-state index is 13.8. The lowest BCUT2D eigenvalue weighted by atomic mass is 9.93. The van der Waals surface area contributed by atoms with Gasteiger partial charge in [-0.3, -0.25) is 9.69 Å². The van der Waals surface area contributed by atoms with Gasteiger partial charge in [-0.25, -0.2) is 0 Å².